The summed E-state index contributed by atoms with van der Waals surface area (Å²) in [6.45, 7) is 0. The van der Waals surface area contributed by atoms with Gasteiger partial charge in [0.05, 0.1) is 21.2 Å². The number of aromatic nitrogens is 1. The molecule has 162 valence electrons. The molecule has 4 rings (SSSR count). The van der Waals surface area contributed by atoms with Crippen molar-refractivity contribution in [3.63, 3.8) is 0 Å². The summed E-state index contributed by atoms with van der Waals surface area (Å²) in [6, 6.07) is 11.5. The molecule has 11 heteroatoms. The fourth-order valence-electron chi connectivity index (χ4n) is 2.81. The molecule has 4 aromatic rings. The van der Waals surface area contributed by atoms with Gasteiger partial charge in [-0.15, -0.1) is 0 Å². The Kier molecular flexibility index (Phi) is 6.43. The van der Waals surface area contributed by atoms with Crippen molar-refractivity contribution in [3.8, 4) is 11.5 Å². The molecule has 0 radical (unpaired) electrons. The van der Waals surface area contributed by atoms with Gasteiger partial charge in [0.1, 0.15) is 5.52 Å². The van der Waals surface area contributed by atoms with Crippen molar-refractivity contribution < 1.29 is 18.0 Å². The van der Waals surface area contributed by atoms with Crippen LogP contribution in [-0.2, 0) is 0 Å². The minimum absolute atomic E-state index is 0.0289. The summed E-state index contributed by atoms with van der Waals surface area (Å²) in [4.78, 5) is 16.7. The molecule has 0 spiro atoms. The van der Waals surface area contributed by atoms with Gasteiger partial charge in [-0.25, -0.2) is 13.8 Å². The van der Waals surface area contributed by atoms with Crippen molar-refractivity contribution in [2.75, 3.05) is 5.32 Å². The summed E-state index contributed by atoms with van der Waals surface area (Å²) >= 11 is 20.5. The van der Waals surface area contributed by atoms with Crippen LogP contribution in [0, 0.1) is 11.6 Å². The third-order valence-corrected chi connectivity index (χ3v) is 5.63. The highest BCUT2D eigenvalue weighted by Crippen LogP contribution is 2.32. The number of carbonyl (C=O) groups is 1. The Morgan fingerprint density at radius 2 is 1.78 bits per heavy atom. The van der Waals surface area contributed by atoms with Crippen LogP contribution in [0.2, 0.25) is 10.0 Å². The lowest BCUT2D eigenvalue weighted by Gasteiger charge is -2.10. The number of nitrogens with one attached hydrogen (secondary N) is 2. The molecule has 0 bridgehead atoms. The van der Waals surface area contributed by atoms with Crippen LogP contribution in [0.1, 0.15) is 10.4 Å². The number of hydrogen-bond acceptors (Lipinski definition) is 4. The zero-order chi connectivity index (χ0) is 23.0. The van der Waals surface area contributed by atoms with Crippen LogP contribution in [0.15, 0.2) is 57.4 Å². The van der Waals surface area contributed by atoms with E-state index in [4.69, 9.17) is 39.8 Å². The fraction of sp³-hybridized carbons (Fsp3) is 0. The van der Waals surface area contributed by atoms with E-state index in [1.54, 1.807) is 36.4 Å². The zero-order valence-electron chi connectivity index (χ0n) is 15.7. The molecule has 0 fully saturated rings. The second-order valence-corrected chi connectivity index (χ2v) is 8.62. The van der Waals surface area contributed by atoms with Crippen molar-refractivity contribution in [3.05, 3.63) is 80.2 Å². The number of benzene rings is 3. The maximum atomic E-state index is 13.6. The van der Waals surface area contributed by atoms with E-state index >= 15 is 0 Å². The molecular formula is C21H10BrCl2F2N3O2S. The predicted molar refractivity (Wildman–Crippen MR) is 127 cm³/mol. The lowest BCUT2D eigenvalue weighted by Crippen LogP contribution is -2.34. The molecule has 32 heavy (non-hydrogen) atoms. The second-order valence-electron chi connectivity index (χ2n) is 6.48. The third-order valence-electron chi connectivity index (χ3n) is 4.29. The molecule has 5 nitrogen and oxygen atoms in total. The van der Waals surface area contributed by atoms with Crippen LogP contribution in [0.5, 0.6) is 0 Å². The third kappa shape index (κ3) is 4.75. The summed E-state index contributed by atoms with van der Waals surface area (Å²) in [6.07, 6.45) is 0. The molecule has 0 aliphatic rings. The Hall–Kier alpha value is -2.59. The quantitative estimate of drug-likeness (QED) is 0.211. The van der Waals surface area contributed by atoms with Crippen LogP contribution in [0.4, 0.5) is 14.5 Å². The summed E-state index contributed by atoms with van der Waals surface area (Å²) in [5.41, 5.74) is 1.69. The van der Waals surface area contributed by atoms with E-state index in [2.05, 4.69) is 31.5 Å². The number of rotatable bonds is 3. The highest BCUT2D eigenvalue weighted by Gasteiger charge is 2.17. The van der Waals surface area contributed by atoms with E-state index in [0.29, 0.717) is 21.3 Å². The molecule has 0 saturated carbocycles. The largest absolute Gasteiger partial charge is 0.436 e. The van der Waals surface area contributed by atoms with Gasteiger partial charge in [-0.05, 0) is 60.7 Å². The number of thiocarbonyl (C=S) groups is 1. The van der Waals surface area contributed by atoms with Crippen molar-refractivity contribution in [1.82, 2.24) is 10.3 Å². The molecule has 0 atom stereocenters. The van der Waals surface area contributed by atoms with Crippen LogP contribution in [-0.4, -0.2) is 16.0 Å². The lowest BCUT2D eigenvalue weighted by molar-refractivity contribution is 0.0978. The van der Waals surface area contributed by atoms with Gasteiger partial charge in [-0.3, -0.25) is 10.1 Å². The molecule has 0 saturated heterocycles. The van der Waals surface area contributed by atoms with Gasteiger partial charge >= 0.3 is 0 Å². The van der Waals surface area contributed by atoms with E-state index < -0.39 is 17.5 Å². The highest BCUT2D eigenvalue weighted by atomic mass is 79.9. The molecule has 1 aromatic heterocycles. The normalized spacial score (nSPS) is 10.9. The Bertz CT molecular complexity index is 1400. The molecule has 0 unspecified atom stereocenters. The average molecular weight is 557 g/mol. The summed E-state index contributed by atoms with van der Waals surface area (Å²) in [7, 11) is 0. The lowest BCUT2D eigenvalue weighted by atomic mass is 10.2. The van der Waals surface area contributed by atoms with E-state index in [9.17, 15) is 13.6 Å². The Morgan fingerprint density at radius 3 is 2.56 bits per heavy atom. The van der Waals surface area contributed by atoms with Gasteiger partial charge in [0.2, 0.25) is 5.89 Å². The predicted octanol–water partition coefficient (Wildman–Crippen LogP) is 6.97. The van der Waals surface area contributed by atoms with Crippen molar-refractivity contribution in [2.45, 2.75) is 0 Å². The van der Waals surface area contributed by atoms with Gasteiger partial charge in [0.25, 0.3) is 5.91 Å². The van der Waals surface area contributed by atoms with Gasteiger partial charge in [0.15, 0.2) is 22.3 Å². The summed E-state index contributed by atoms with van der Waals surface area (Å²) in [5.74, 6) is -2.59. The average Bonchev–Trinajstić information content (AvgIpc) is 3.15. The van der Waals surface area contributed by atoms with Crippen LogP contribution in [0.25, 0.3) is 22.6 Å². The SMILES string of the molecule is O=C(NC(=S)Nc1ccc2oc(-c3cc(F)c(F)cc3Cl)nc2c1)c1cc(Br)ccc1Cl. The van der Waals surface area contributed by atoms with E-state index in [-0.39, 0.29) is 32.2 Å². The number of nitrogens with zero attached hydrogens (tertiary/aromatic N) is 1. The van der Waals surface area contributed by atoms with Crippen LogP contribution in [0.3, 0.4) is 0 Å². The molecule has 3 aromatic carbocycles. The van der Waals surface area contributed by atoms with E-state index in [1.165, 1.54) is 0 Å². The number of amides is 1. The van der Waals surface area contributed by atoms with Gasteiger partial charge in [-0.2, -0.15) is 0 Å². The maximum absolute atomic E-state index is 13.6. The van der Waals surface area contributed by atoms with Crippen molar-refractivity contribution >= 4 is 79.2 Å². The fourth-order valence-corrected chi connectivity index (χ4v) is 3.82. The number of halogens is 5. The number of anilines is 1. The Labute approximate surface area is 203 Å². The first-order valence-electron chi connectivity index (χ1n) is 8.84. The van der Waals surface area contributed by atoms with Crippen molar-refractivity contribution in [1.29, 1.82) is 0 Å². The monoisotopic (exact) mass is 555 g/mol. The maximum Gasteiger partial charge on any atom is 0.258 e. The molecule has 1 heterocycles. The van der Waals surface area contributed by atoms with Crippen LogP contribution >= 0.6 is 51.3 Å². The molecular weight excluding hydrogens is 547 g/mol. The molecule has 2 N–H and O–H groups in total. The summed E-state index contributed by atoms with van der Waals surface area (Å²) in [5, 5.41) is 5.70. The standard InChI is InChI=1S/C21H10BrCl2F2N3O2S/c22-9-1-3-13(23)11(5-9)19(30)29-21(32)27-10-2-4-18-17(6-10)28-20(31-18)12-7-15(25)16(26)8-14(12)24/h1-8H,(H2,27,29,30,32). The highest BCUT2D eigenvalue weighted by molar-refractivity contribution is 9.10. The Morgan fingerprint density at radius 1 is 1.03 bits per heavy atom. The molecule has 0 aliphatic carbocycles. The van der Waals surface area contributed by atoms with Crippen molar-refractivity contribution in [2.24, 2.45) is 0 Å². The summed E-state index contributed by atoms with van der Waals surface area (Å²) < 4.78 is 33.2. The minimum Gasteiger partial charge on any atom is -0.436 e. The molecule has 0 aliphatic heterocycles. The van der Waals surface area contributed by atoms with Gasteiger partial charge in [-0.1, -0.05) is 39.1 Å². The first-order chi connectivity index (χ1) is 15.2. The molecule has 1 amide bonds. The first kappa shape index (κ1) is 22.6. The van der Waals surface area contributed by atoms with Gasteiger partial charge < -0.3 is 9.73 Å². The van der Waals surface area contributed by atoms with E-state index in [1.807, 2.05) is 0 Å². The topological polar surface area (TPSA) is 67.2 Å². The number of oxazole rings is 1. The number of hydrogen-bond donors (Lipinski definition) is 2. The van der Waals surface area contributed by atoms with Crippen LogP contribution < -0.4 is 10.6 Å². The Balaban J connectivity index is 1.53. The minimum atomic E-state index is -1.07. The first-order valence-corrected chi connectivity index (χ1v) is 10.8. The number of fused-ring (bicyclic) bond motifs is 1. The smallest absolute Gasteiger partial charge is 0.258 e. The second kappa shape index (κ2) is 9.11. The number of carbonyl (C=O) groups excluding carboxylic acids is 1. The zero-order valence-corrected chi connectivity index (χ0v) is 19.6. The van der Waals surface area contributed by atoms with Gasteiger partial charge in [0, 0.05) is 10.2 Å². The van der Waals surface area contributed by atoms with E-state index in [0.717, 1.165) is 12.1 Å².